The summed E-state index contributed by atoms with van der Waals surface area (Å²) in [6.45, 7) is -0.728. The summed E-state index contributed by atoms with van der Waals surface area (Å²) in [4.78, 5) is 13.8. The molecule has 76 valence electrons. The summed E-state index contributed by atoms with van der Waals surface area (Å²) >= 11 is 0. The Morgan fingerprint density at radius 3 is 2.71 bits per heavy atom. The number of aromatic nitrogens is 1. The number of carboxylic acid groups (broad SMARTS) is 1. The molecule has 1 heterocycles. The fourth-order valence-corrected chi connectivity index (χ4v) is 0.751. The summed E-state index contributed by atoms with van der Waals surface area (Å²) in [6.07, 6.45) is -1.47. The molecule has 0 unspecified atom stereocenters. The van der Waals surface area contributed by atoms with Crippen LogP contribution in [-0.2, 0) is 0 Å². The Morgan fingerprint density at radius 1 is 1.57 bits per heavy atom. The smallest absolute Gasteiger partial charge is 0.354 e. The average Bonchev–Trinajstić information content (AvgIpc) is 2.15. The van der Waals surface area contributed by atoms with E-state index in [4.69, 9.17) is 5.11 Å². The number of hydrogen-bond acceptors (Lipinski definition) is 3. The van der Waals surface area contributed by atoms with E-state index in [1.807, 2.05) is 0 Å². The summed E-state index contributed by atoms with van der Waals surface area (Å²) in [6, 6.07) is 2.46. The fourth-order valence-electron chi connectivity index (χ4n) is 0.751. The molecular formula is C8H7F2NO3. The molecule has 0 saturated heterocycles. The van der Waals surface area contributed by atoms with E-state index in [9.17, 15) is 13.6 Å². The number of halogens is 2. The van der Waals surface area contributed by atoms with Gasteiger partial charge >= 0.3 is 5.97 Å². The fraction of sp³-hybridized carbons (Fsp3) is 0.250. The van der Waals surface area contributed by atoms with Crippen LogP contribution in [0.2, 0.25) is 0 Å². The number of aromatic carboxylic acids is 1. The molecule has 6 heteroatoms. The van der Waals surface area contributed by atoms with E-state index < -0.39 is 19.0 Å². The van der Waals surface area contributed by atoms with Crippen LogP contribution in [-0.4, -0.2) is 29.1 Å². The highest BCUT2D eigenvalue weighted by atomic mass is 19.3. The minimum atomic E-state index is -2.56. The van der Waals surface area contributed by atoms with Crippen LogP contribution in [0.4, 0.5) is 8.78 Å². The van der Waals surface area contributed by atoms with Crippen molar-refractivity contribution in [2.75, 3.05) is 6.61 Å². The van der Waals surface area contributed by atoms with Crippen molar-refractivity contribution in [2.24, 2.45) is 0 Å². The molecule has 1 rings (SSSR count). The Kier molecular flexibility index (Phi) is 3.33. The van der Waals surface area contributed by atoms with Crippen LogP contribution in [0.3, 0.4) is 0 Å². The molecule has 1 aromatic heterocycles. The second kappa shape index (κ2) is 4.50. The number of alkyl halides is 2. The monoisotopic (exact) mass is 203 g/mol. The summed E-state index contributed by atoms with van der Waals surface area (Å²) in [5.41, 5.74) is -0.158. The van der Waals surface area contributed by atoms with E-state index in [2.05, 4.69) is 9.72 Å². The van der Waals surface area contributed by atoms with Gasteiger partial charge in [0.15, 0.2) is 0 Å². The highest BCUT2D eigenvalue weighted by Crippen LogP contribution is 2.10. The molecule has 0 aromatic carbocycles. The Balaban J connectivity index is 2.60. The van der Waals surface area contributed by atoms with Crippen molar-refractivity contribution in [3.05, 3.63) is 24.0 Å². The zero-order valence-electron chi connectivity index (χ0n) is 6.98. The van der Waals surface area contributed by atoms with E-state index in [1.54, 1.807) is 0 Å². The quantitative estimate of drug-likeness (QED) is 0.803. The molecule has 0 atom stereocenters. The molecule has 0 bridgehead atoms. The van der Waals surface area contributed by atoms with Crippen LogP contribution in [0.15, 0.2) is 18.3 Å². The van der Waals surface area contributed by atoms with Crippen molar-refractivity contribution >= 4 is 5.97 Å². The third kappa shape index (κ3) is 2.96. The van der Waals surface area contributed by atoms with Gasteiger partial charge in [-0.1, -0.05) is 0 Å². The van der Waals surface area contributed by atoms with Gasteiger partial charge in [0.25, 0.3) is 6.43 Å². The Bertz CT molecular complexity index is 313. The maximum Gasteiger partial charge on any atom is 0.354 e. The SMILES string of the molecule is O=C(O)c1ccc(OCC(F)F)cn1. The molecule has 0 fully saturated rings. The standard InChI is InChI=1S/C8H7F2NO3/c9-7(10)4-14-5-1-2-6(8(12)13)11-3-5/h1-3,7H,4H2,(H,12,13). The van der Waals surface area contributed by atoms with Crippen LogP contribution in [0.25, 0.3) is 0 Å². The molecular weight excluding hydrogens is 196 g/mol. The van der Waals surface area contributed by atoms with E-state index in [1.165, 1.54) is 12.1 Å². The van der Waals surface area contributed by atoms with Crippen molar-refractivity contribution in [3.8, 4) is 5.75 Å². The minimum absolute atomic E-state index is 0.121. The predicted octanol–water partition coefficient (Wildman–Crippen LogP) is 1.42. The highest BCUT2D eigenvalue weighted by Gasteiger charge is 2.06. The predicted molar refractivity (Wildman–Crippen MR) is 42.7 cm³/mol. The molecule has 14 heavy (non-hydrogen) atoms. The number of carbonyl (C=O) groups is 1. The molecule has 0 spiro atoms. The van der Waals surface area contributed by atoms with E-state index in [0.29, 0.717) is 0 Å². The van der Waals surface area contributed by atoms with Gasteiger partial charge in [-0.05, 0) is 12.1 Å². The zero-order valence-corrected chi connectivity index (χ0v) is 6.98. The lowest BCUT2D eigenvalue weighted by molar-refractivity contribution is 0.0688. The van der Waals surface area contributed by atoms with Gasteiger partial charge in [-0.3, -0.25) is 0 Å². The van der Waals surface area contributed by atoms with Gasteiger partial charge in [-0.15, -0.1) is 0 Å². The van der Waals surface area contributed by atoms with Crippen molar-refractivity contribution in [3.63, 3.8) is 0 Å². The van der Waals surface area contributed by atoms with E-state index >= 15 is 0 Å². The summed E-state index contributed by atoms with van der Waals surface area (Å²) in [7, 11) is 0. The van der Waals surface area contributed by atoms with Crippen molar-refractivity contribution in [1.29, 1.82) is 0 Å². The maximum absolute atomic E-state index is 11.7. The Labute approximate surface area is 78.1 Å². The number of pyridine rings is 1. The van der Waals surface area contributed by atoms with Gasteiger partial charge in [0.1, 0.15) is 18.1 Å². The minimum Gasteiger partial charge on any atom is -0.486 e. The topological polar surface area (TPSA) is 59.4 Å². The second-order valence-electron chi connectivity index (χ2n) is 2.39. The number of rotatable bonds is 4. The van der Waals surface area contributed by atoms with Crippen LogP contribution in [0.1, 0.15) is 10.5 Å². The third-order valence-corrected chi connectivity index (χ3v) is 1.33. The number of hydrogen-bond donors (Lipinski definition) is 1. The van der Waals surface area contributed by atoms with Crippen LogP contribution in [0.5, 0.6) is 5.75 Å². The normalized spacial score (nSPS) is 10.2. The van der Waals surface area contributed by atoms with Gasteiger partial charge in [0.05, 0.1) is 6.20 Å². The van der Waals surface area contributed by atoms with Crippen LogP contribution >= 0.6 is 0 Å². The summed E-state index contributed by atoms with van der Waals surface area (Å²) in [5.74, 6) is -1.05. The van der Waals surface area contributed by atoms with Crippen molar-refractivity contribution < 1.29 is 23.4 Å². The first kappa shape index (κ1) is 10.4. The lowest BCUT2D eigenvalue weighted by atomic mass is 10.3. The number of carboxylic acids is 1. The highest BCUT2D eigenvalue weighted by molar-refractivity contribution is 5.85. The van der Waals surface area contributed by atoms with E-state index in [-0.39, 0.29) is 11.4 Å². The Morgan fingerprint density at radius 2 is 2.29 bits per heavy atom. The maximum atomic E-state index is 11.7. The van der Waals surface area contributed by atoms with Gasteiger partial charge < -0.3 is 9.84 Å². The summed E-state index contributed by atoms with van der Waals surface area (Å²) < 4.78 is 28.0. The third-order valence-electron chi connectivity index (χ3n) is 1.33. The van der Waals surface area contributed by atoms with Crippen molar-refractivity contribution in [2.45, 2.75) is 6.43 Å². The van der Waals surface area contributed by atoms with Crippen molar-refractivity contribution in [1.82, 2.24) is 4.98 Å². The van der Waals surface area contributed by atoms with Gasteiger partial charge in [-0.2, -0.15) is 0 Å². The Hall–Kier alpha value is -1.72. The molecule has 0 aliphatic rings. The second-order valence-corrected chi connectivity index (χ2v) is 2.39. The first-order valence-corrected chi connectivity index (χ1v) is 3.70. The molecule has 0 aliphatic heterocycles. The molecule has 0 aliphatic carbocycles. The lowest BCUT2D eigenvalue weighted by Crippen LogP contribution is -2.07. The lowest BCUT2D eigenvalue weighted by Gasteiger charge is -2.04. The van der Waals surface area contributed by atoms with Crippen LogP contribution in [0, 0.1) is 0 Å². The first-order chi connectivity index (χ1) is 6.59. The molecule has 0 amide bonds. The van der Waals surface area contributed by atoms with Crippen LogP contribution < -0.4 is 4.74 Å². The van der Waals surface area contributed by atoms with E-state index in [0.717, 1.165) is 6.20 Å². The average molecular weight is 203 g/mol. The molecule has 1 aromatic rings. The van der Waals surface area contributed by atoms with Gasteiger partial charge in [-0.25, -0.2) is 18.6 Å². The molecule has 1 N–H and O–H groups in total. The summed E-state index contributed by atoms with van der Waals surface area (Å²) in [5, 5.41) is 8.47. The molecule has 0 radical (unpaired) electrons. The molecule has 0 saturated carbocycles. The number of nitrogens with zero attached hydrogens (tertiary/aromatic N) is 1. The zero-order chi connectivity index (χ0) is 10.6. The molecule has 4 nitrogen and oxygen atoms in total. The van der Waals surface area contributed by atoms with Gasteiger partial charge in [0.2, 0.25) is 0 Å². The van der Waals surface area contributed by atoms with Gasteiger partial charge in [0, 0.05) is 0 Å². The largest absolute Gasteiger partial charge is 0.486 e. The first-order valence-electron chi connectivity index (χ1n) is 3.70. The number of ether oxygens (including phenoxy) is 1.